The van der Waals surface area contributed by atoms with E-state index >= 15 is 0 Å². The molecule has 2 amide bonds. The van der Waals surface area contributed by atoms with Crippen molar-refractivity contribution in [1.29, 1.82) is 0 Å². The van der Waals surface area contributed by atoms with Gasteiger partial charge >= 0.3 is 0 Å². The number of sulfonamides is 1. The van der Waals surface area contributed by atoms with Crippen molar-refractivity contribution in [3.8, 4) is 0 Å². The van der Waals surface area contributed by atoms with Gasteiger partial charge in [0.25, 0.3) is 5.91 Å². The number of amides is 2. The van der Waals surface area contributed by atoms with Gasteiger partial charge in [0.15, 0.2) is 0 Å². The molecule has 160 valence electrons. The summed E-state index contributed by atoms with van der Waals surface area (Å²) in [6.45, 7) is 3.63. The number of aryl methyl sites for hydroxylation is 1. The van der Waals surface area contributed by atoms with Crippen LogP contribution in [0.5, 0.6) is 0 Å². The summed E-state index contributed by atoms with van der Waals surface area (Å²) in [7, 11) is -3.68. The van der Waals surface area contributed by atoms with E-state index in [0.29, 0.717) is 29.8 Å². The highest BCUT2D eigenvalue weighted by molar-refractivity contribution is 8.00. The second-order valence-corrected chi connectivity index (χ2v) is 9.99. The molecule has 1 N–H and O–H groups in total. The van der Waals surface area contributed by atoms with Gasteiger partial charge in [0.05, 0.1) is 11.5 Å². The lowest BCUT2D eigenvalue weighted by atomic mass is 10.1. The van der Waals surface area contributed by atoms with Crippen molar-refractivity contribution in [3.63, 3.8) is 0 Å². The lowest BCUT2D eigenvalue weighted by molar-refractivity contribution is -0.115. The number of anilines is 1. The van der Waals surface area contributed by atoms with Gasteiger partial charge in [-0.25, -0.2) is 17.5 Å². The van der Waals surface area contributed by atoms with Gasteiger partial charge < -0.3 is 0 Å². The number of nitrogens with one attached hydrogen (secondary N) is 1. The molecule has 1 heterocycles. The highest BCUT2D eigenvalue weighted by Crippen LogP contribution is 2.42. The molecule has 3 rings (SSSR count). The summed E-state index contributed by atoms with van der Waals surface area (Å²) in [5.74, 6) is -0.945. The van der Waals surface area contributed by atoms with Crippen LogP contribution in [0, 0.1) is 12.7 Å². The molecule has 1 fully saturated rings. The predicted octanol–water partition coefficient (Wildman–Crippen LogP) is 3.77. The van der Waals surface area contributed by atoms with Crippen molar-refractivity contribution in [2.75, 3.05) is 16.4 Å². The standard InChI is InChI=1S/C21H23FN2O4S2/c1-3-4-11-30(27,28)23-20(26)16-7-10-18(14(2)12-16)24-19(25)13-29-21(24)15-5-8-17(22)9-6-15/h5-10,12,21H,3-4,11,13H2,1-2H3,(H,23,26). The minimum Gasteiger partial charge on any atom is -0.295 e. The third-order valence-electron chi connectivity index (χ3n) is 4.76. The number of benzene rings is 2. The largest absolute Gasteiger partial charge is 0.295 e. The molecule has 1 aliphatic rings. The van der Waals surface area contributed by atoms with Crippen LogP contribution in [0.4, 0.5) is 10.1 Å². The number of hydrogen-bond acceptors (Lipinski definition) is 5. The molecule has 2 aromatic carbocycles. The molecular formula is C21H23FN2O4S2. The number of carbonyl (C=O) groups is 2. The predicted molar refractivity (Wildman–Crippen MR) is 116 cm³/mol. The van der Waals surface area contributed by atoms with Crippen LogP contribution in [0.2, 0.25) is 0 Å². The lowest BCUT2D eigenvalue weighted by Crippen LogP contribution is -2.33. The van der Waals surface area contributed by atoms with Gasteiger partial charge in [0, 0.05) is 11.3 Å². The topological polar surface area (TPSA) is 83.6 Å². The van der Waals surface area contributed by atoms with E-state index in [4.69, 9.17) is 0 Å². The van der Waals surface area contributed by atoms with Crippen molar-refractivity contribution in [2.24, 2.45) is 0 Å². The Labute approximate surface area is 179 Å². The normalized spacial score (nSPS) is 16.7. The molecule has 0 aromatic heterocycles. The zero-order chi connectivity index (χ0) is 21.9. The summed E-state index contributed by atoms with van der Waals surface area (Å²) in [5.41, 5.74) is 2.30. The van der Waals surface area contributed by atoms with E-state index in [1.807, 2.05) is 6.92 Å². The van der Waals surface area contributed by atoms with Crippen LogP contribution in [0.25, 0.3) is 0 Å². The van der Waals surface area contributed by atoms with Crippen LogP contribution < -0.4 is 9.62 Å². The van der Waals surface area contributed by atoms with E-state index in [1.54, 1.807) is 36.1 Å². The second-order valence-electron chi connectivity index (χ2n) is 7.08. The first-order valence-electron chi connectivity index (χ1n) is 9.56. The molecule has 6 nitrogen and oxygen atoms in total. The minimum atomic E-state index is -3.68. The van der Waals surface area contributed by atoms with Crippen LogP contribution in [0.15, 0.2) is 42.5 Å². The Balaban J connectivity index is 1.84. The third-order valence-corrected chi connectivity index (χ3v) is 7.29. The number of halogens is 1. The Morgan fingerprint density at radius 2 is 1.93 bits per heavy atom. The molecule has 1 saturated heterocycles. The zero-order valence-corrected chi connectivity index (χ0v) is 18.4. The maximum atomic E-state index is 13.3. The molecule has 9 heteroatoms. The minimum absolute atomic E-state index is 0.0863. The SMILES string of the molecule is CCCCS(=O)(=O)NC(=O)c1ccc(N2C(=O)CSC2c2ccc(F)cc2)c(C)c1. The first-order chi connectivity index (χ1) is 14.2. The van der Waals surface area contributed by atoms with E-state index in [9.17, 15) is 22.4 Å². The molecule has 0 spiro atoms. The van der Waals surface area contributed by atoms with Gasteiger partial charge in [-0.05, 0) is 54.8 Å². The Morgan fingerprint density at radius 3 is 2.57 bits per heavy atom. The van der Waals surface area contributed by atoms with E-state index in [1.165, 1.54) is 30.0 Å². The van der Waals surface area contributed by atoms with E-state index in [0.717, 1.165) is 5.56 Å². The Morgan fingerprint density at radius 1 is 1.23 bits per heavy atom. The van der Waals surface area contributed by atoms with Crippen LogP contribution in [-0.2, 0) is 14.8 Å². The molecule has 2 aromatic rings. The highest BCUT2D eigenvalue weighted by atomic mass is 32.2. The molecule has 0 aliphatic carbocycles. The summed E-state index contributed by atoms with van der Waals surface area (Å²) in [5, 5.41) is -0.300. The second kappa shape index (κ2) is 9.18. The number of rotatable bonds is 7. The first kappa shape index (κ1) is 22.3. The van der Waals surface area contributed by atoms with Gasteiger partial charge in [-0.2, -0.15) is 0 Å². The maximum absolute atomic E-state index is 13.3. The number of unbranched alkanes of at least 4 members (excludes halogenated alkanes) is 1. The van der Waals surface area contributed by atoms with Crippen LogP contribution >= 0.6 is 11.8 Å². The van der Waals surface area contributed by atoms with Gasteiger partial charge in [-0.3, -0.25) is 14.5 Å². The third kappa shape index (κ3) is 5.02. The number of carbonyl (C=O) groups excluding carboxylic acids is 2. The zero-order valence-electron chi connectivity index (χ0n) is 16.7. The fourth-order valence-corrected chi connectivity index (χ4v) is 5.55. The molecule has 1 aliphatic heterocycles. The Hall–Kier alpha value is -2.39. The van der Waals surface area contributed by atoms with Gasteiger partial charge in [-0.15, -0.1) is 11.8 Å². The average Bonchev–Trinajstić information content (AvgIpc) is 3.08. The quantitative estimate of drug-likeness (QED) is 0.694. The van der Waals surface area contributed by atoms with Gasteiger partial charge in [0.2, 0.25) is 15.9 Å². The maximum Gasteiger partial charge on any atom is 0.264 e. The van der Waals surface area contributed by atoms with Crippen molar-refractivity contribution in [2.45, 2.75) is 32.1 Å². The summed E-state index contributed by atoms with van der Waals surface area (Å²) >= 11 is 1.44. The molecule has 1 unspecified atom stereocenters. The fourth-order valence-electron chi connectivity index (χ4n) is 3.21. The summed E-state index contributed by atoms with van der Waals surface area (Å²) in [6, 6.07) is 10.7. The van der Waals surface area contributed by atoms with Crippen molar-refractivity contribution >= 4 is 39.3 Å². The molecule has 0 saturated carbocycles. The van der Waals surface area contributed by atoms with E-state index < -0.39 is 15.9 Å². The summed E-state index contributed by atoms with van der Waals surface area (Å²) in [6.07, 6.45) is 1.18. The van der Waals surface area contributed by atoms with E-state index in [2.05, 4.69) is 4.72 Å². The monoisotopic (exact) mass is 450 g/mol. The molecular weight excluding hydrogens is 427 g/mol. The smallest absolute Gasteiger partial charge is 0.264 e. The molecule has 1 atom stereocenters. The first-order valence-corrected chi connectivity index (χ1v) is 12.3. The number of hydrogen-bond donors (Lipinski definition) is 1. The fraction of sp³-hybridized carbons (Fsp3) is 0.333. The van der Waals surface area contributed by atoms with Crippen LogP contribution in [0.1, 0.15) is 46.6 Å². The van der Waals surface area contributed by atoms with Gasteiger partial charge in [0.1, 0.15) is 11.2 Å². The van der Waals surface area contributed by atoms with Gasteiger partial charge in [-0.1, -0.05) is 25.5 Å². The lowest BCUT2D eigenvalue weighted by Gasteiger charge is -2.26. The number of nitrogens with zero attached hydrogens (tertiary/aromatic N) is 1. The van der Waals surface area contributed by atoms with E-state index in [-0.39, 0.29) is 28.4 Å². The average molecular weight is 451 g/mol. The van der Waals surface area contributed by atoms with Crippen LogP contribution in [0.3, 0.4) is 0 Å². The molecule has 30 heavy (non-hydrogen) atoms. The van der Waals surface area contributed by atoms with Crippen molar-refractivity contribution in [3.05, 3.63) is 65.0 Å². The summed E-state index contributed by atoms with van der Waals surface area (Å²) < 4.78 is 39.3. The Kier molecular flexibility index (Phi) is 6.82. The summed E-state index contributed by atoms with van der Waals surface area (Å²) in [4.78, 5) is 26.6. The van der Waals surface area contributed by atoms with Crippen molar-refractivity contribution < 1.29 is 22.4 Å². The Bertz CT molecular complexity index is 1060. The molecule has 0 bridgehead atoms. The van der Waals surface area contributed by atoms with Crippen molar-refractivity contribution in [1.82, 2.24) is 4.72 Å². The molecule has 0 radical (unpaired) electrons. The number of thioether (sulfide) groups is 1. The van der Waals surface area contributed by atoms with Crippen LogP contribution in [-0.4, -0.2) is 31.7 Å². The highest BCUT2D eigenvalue weighted by Gasteiger charge is 2.35.